The second-order valence-corrected chi connectivity index (χ2v) is 4.35. The van der Waals surface area contributed by atoms with Gasteiger partial charge < -0.3 is 9.88 Å². The fourth-order valence-electron chi connectivity index (χ4n) is 1.82. The molecule has 1 aromatic heterocycles. The summed E-state index contributed by atoms with van der Waals surface area (Å²) in [7, 11) is 1.70. The van der Waals surface area contributed by atoms with Crippen LogP contribution in [0.3, 0.4) is 0 Å². The summed E-state index contributed by atoms with van der Waals surface area (Å²) in [5.41, 5.74) is 2.27. The molecule has 5 heteroatoms. The first-order chi connectivity index (χ1) is 8.61. The number of nitriles is 1. The van der Waals surface area contributed by atoms with Crippen LogP contribution >= 0.6 is 0 Å². The molecule has 0 saturated heterocycles. The van der Waals surface area contributed by atoms with E-state index in [-0.39, 0.29) is 11.8 Å². The quantitative estimate of drug-likeness (QED) is 0.891. The number of aromatic nitrogens is 2. The number of rotatable bonds is 3. The van der Waals surface area contributed by atoms with Gasteiger partial charge in [-0.05, 0) is 25.1 Å². The Kier molecular flexibility index (Phi) is 3.28. The third-order valence-electron chi connectivity index (χ3n) is 2.78. The Balaban J connectivity index is 2.20. The van der Waals surface area contributed by atoms with Crippen molar-refractivity contribution in [1.29, 1.82) is 5.26 Å². The number of fused-ring (bicyclic) bond motifs is 1. The van der Waals surface area contributed by atoms with Gasteiger partial charge in [0.05, 0.1) is 29.3 Å². The van der Waals surface area contributed by atoms with Gasteiger partial charge in [0.2, 0.25) is 0 Å². The summed E-state index contributed by atoms with van der Waals surface area (Å²) in [4.78, 5) is 20.8. The summed E-state index contributed by atoms with van der Waals surface area (Å²) < 4.78 is 0. The van der Waals surface area contributed by atoms with E-state index in [9.17, 15) is 4.79 Å². The van der Waals surface area contributed by atoms with Crippen molar-refractivity contribution in [2.45, 2.75) is 6.92 Å². The summed E-state index contributed by atoms with van der Waals surface area (Å²) in [5, 5.41) is 8.75. The molecule has 2 aromatic rings. The van der Waals surface area contributed by atoms with Crippen LogP contribution in [-0.2, 0) is 0 Å². The van der Waals surface area contributed by atoms with Crippen LogP contribution in [0.25, 0.3) is 11.0 Å². The van der Waals surface area contributed by atoms with Crippen LogP contribution in [0.5, 0.6) is 0 Å². The van der Waals surface area contributed by atoms with E-state index in [2.05, 4.69) is 16.0 Å². The SMILES string of the molecule is CC(C#N)CN(C)C(=O)c1ccc2nc[nH]c2c1. The molecule has 0 spiro atoms. The Morgan fingerprint density at radius 1 is 1.61 bits per heavy atom. The monoisotopic (exact) mass is 242 g/mol. The molecule has 1 aromatic carbocycles. The second kappa shape index (κ2) is 4.88. The van der Waals surface area contributed by atoms with Crippen molar-refractivity contribution in [2.75, 3.05) is 13.6 Å². The first-order valence-corrected chi connectivity index (χ1v) is 5.70. The van der Waals surface area contributed by atoms with Gasteiger partial charge in [-0.25, -0.2) is 4.98 Å². The van der Waals surface area contributed by atoms with E-state index in [4.69, 9.17) is 5.26 Å². The predicted molar refractivity (Wildman–Crippen MR) is 67.8 cm³/mol. The Bertz CT molecular complexity index is 611. The number of nitrogens with one attached hydrogen (secondary N) is 1. The van der Waals surface area contributed by atoms with Crippen molar-refractivity contribution in [3.05, 3.63) is 30.1 Å². The number of imidazole rings is 1. The maximum absolute atomic E-state index is 12.1. The highest BCUT2D eigenvalue weighted by atomic mass is 16.2. The molecule has 0 saturated carbocycles. The highest BCUT2D eigenvalue weighted by Crippen LogP contribution is 2.13. The number of aromatic amines is 1. The highest BCUT2D eigenvalue weighted by Gasteiger charge is 2.14. The third kappa shape index (κ3) is 2.33. The normalized spacial score (nSPS) is 12.1. The number of amides is 1. The van der Waals surface area contributed by atoms with Crippen LogP contribution in [0, 0.1) is 17.2 Å². The molecule has 1 N–H and O–H groups in total. The number of hydrogen-bond donors (Lipinski definition) is 1. The number of carbonyl (C=O) groups is 1. The average molecular weight is 242 g/mol. The Hall–Kier alpha value is -2.35. The van der Waals surface area contributed by atoms with Crippen molar-refractivity contribution in [3.8, 4) is 6.07 Å². The topological polar surface area (TPSA) is 72.8 Å². The molecular formula is C13H14N4O. The maximum atomic E-state index is 12.1. The molecule has 5 nitrogen and oxygen atoms in total. The van der Waals surface area contributed by atoms with E-state index in [1.165, 1.54) is 0 Å². The zero-order valence-corrected chi connectivity index (χ0v) is 10.3. The molecule has 0 bridgehead atoms. The molecule has 0 aliphatic heterocycles. The van der Waals surface area contributed by atoms with E-state index < -0.39 is 0 Å². The summed E-state index contributed by atoms with van der Waals surface area (Å²) in [6.45, 7) is 2.22. The molecule has 1 unspecified atom stereocenters. The van der Waals surface area contributed by atoms with Gasteiger partial charge in [0.25, 0.3) is 5.91 Å². The van der Waals surface area contributed by atoms with Crippen molar-refractivity contribution in [3.63, 3.8) is 0 Å². The number of nitrogens with zero attached hydrogens (tertiary/aromatic N) is 3. The molecule has 92 valence electrons. The lowest BCUT2D eigenvalue weighted by atomic mass is 10.1. The zero-order chi connectivity index (χ0) is 13.1. The van der Waals surface area contributed by atoms with E-state index in [1.807, 2.05) is 0 Å². The summed E-state index contributed by atoms with van der Waals surface area (Å²) >= 11 is 0. The lowest BCUT2D eigenvalue weighted by Gasteiger charge is -2.18. The molecule has 2 rings (SSSR count). The van der Waals surface area contributed by atoms with Crippen LogP contribution in [0.4, 0.5) is 0 Å². The molecule has 0 aliphatic rings. The maximum Gasteiger partial charge on any atom is 0.253 e. The van der Waals surface area contributed by atoms with Crippen molar-refractivity contribution < 1.29 is 4.79 Å². The number of hydrogen-bond acceptors (Lipinski definition) is 3. The fourth-order valence-corrected chi connectivity index (χ4v) is 1.82. The fraction of sp³-hybridized carbons (Fsp3) is 0.308. The summed E-state index contributed by atoms with van der Waals surface area (Å²) in [6.07, 6.45) is 1.60. The largest absolute Gasteiger partial charge is 0.345 e. The first kappa shape index (κ1) is 12.1. The minimum Gasteiger partial charge on any atom is -0.345 e. The minimum absolute atomic E-state index is 0.0893. The van der Waals surface area contributed by atoms with E-state index in [0.717, 1.165) is 11.0 Å². The molecule has 1 heterocycles. The lowest BCUT2D eigenvalue weighted by molar-refractivity contribution is 0.0785. The summed E-state index contributed by atoms with van der Waals surface area (Å²) in [5.74, 6) is -0.261. The zero-order valence-electron chi connectivity index (χ0n) is 10.3. The summed E-state index contributed by atoms with van der Waals surface area (Å²) in [6, 6.07) is 7.45. The first-order valence-electron chi connectivity index (χ1n) is 5.70. The highest BCUT2D eigenvalue weighted by molar-refractivity contribution is 5.97. The lowest BCUT2D eigenvalue weighted by Crippen LogP contribution is -2.30. The Morgan fingerprint density at radius 2 is 2.39 bits per heavy atom. The van der Waals surface area contributed by atoms with Gasteiger partial charge in [0.15, 0.2) is 0 Å². The molecule has 0 aliphatic carbocycles. The second-order valence-electron chi connectivity index (χ2n) is 4.35. The molecule has 0 fully saturated rings. The number of carbonyl (C=O) groups excluding carboxylic acids is 1. The third-order valence-corrected chi connectivity index (χ3v) is 2.78. The van der Waals surface area contributed by atoms with Gasteiger partial charge in [0, 0.05) is 19.2 Å². The van der Waals surface area contributed by atoms with Gasteiger partial charge in [-0.3, -0.25) is 4.79 Å². The van der Waals surface area contributed by atoms with E-state index >= 15 is 0 Å². The molecule has 18 heavy (non-hydrogen) atoms. The van der Waals surface area contributed by atoms with Crippen molar-refractivity contribution >= 4 is 16.9 Å². The van der Waals surface area contributed by atoms with Gasteiger partial charge >= 0.3 is 0 Å². The minimum atomic E-state index is -0.171. The van der Waals surface area contributed by atoms with Gasteiger partial charge in [-0.2, -0.15) is 5.26 Å². The predicted octanol–water partition coefficient (Wildman–Crippen LogP) is 1.79. The van der Waals surface area contributed by atoms with Gasteiger partial charge in [0.1, 0.15) is 0 Å². The van der Waals surface area contributed by atoms with Crippen LogP contribution in [0.1, 0.15) is 17.3 Å². The number of benzene rings is 1. The standard InChI is InChI=1S/C13H14N4O/c1-9(6-14)7-17(2)13(18)10-3-4-11-12(5-10)16-8-15-11/h3-5,8-9H,7H2,1-2H3,(H,15,16). The van der Waals surface area contributed by atoms with E-state index in [0.29, 0.717) is 12.1 Å². The van der Waals surface area contributed by atoms with Crippen molar-refractivity contribution in [2.24, 2.45) is 5.92 Å². The number of H-pyrrole nitrogens is 1. The van der Waals surface area contributed by atoms with Crippen LogP contribution in [-0.4, -0.2) is 34.4 Å². The Labute approximate surface area is 105 Å². The van der Waals surface area contributed by atoms with Crippen LogP contribution in [0.2, 0.25) is 0 Å². The molecule has 1 atom stereocenters. The smallest absolute Gasteiger partial charge is 0.253 e. The van der Waals surface area contributed by atoms with Crippen LogP contribution < -0.4 is 0 Å². The molecule has 1 amide bonds. The molecular weight excluding hydrogens is 228 g/mol. The van der Waals surface area contributed by atoms with E-state index in [1.54, 1.807) is 43.4 Å². The molecule has 0 radical (unpaired) electrons. The average Bonchev–Trinajstić information content (AvgIpc) is 2.84. The van der Waals surface area contributed by atoms with Crippen LogP contribution in [0.15, 0.2) is 24.5 Å². The Morgan fingerprint density at radius 3 is 3.11 bits per heavy atom. The van der Waals surface area contributed by atoms with Gasteiger partial charge in [-0.15, -0.1) is 0 Å². The van der Waals surface area contributed by atoms with Crippen molar-refractivity contribution in [1.82, 2.24) is 14.9 Å². The van der Waals surface area contributed by atoms with Gasteiger partial charge in [-0.1, -0.05) is 0 Å².